The Hall–Kier alpha value is -1.69. The van der Waals surface area contributed by atoms with E-state index in [1.54, 1.807) is 24.2 Å². The van der Waals surface area contributed by atoms with Gasteiger partial charge < -0.3 is 10.2 Å². The van der Waals surface area contributed by atoms with Gasteiger partial charge in [0.05, 0.1) is 16.6 Å². The van der Waals surface area contributed by atoms with E-state index in [0.29, 0.717) is 30.8 Å². The molecule has 1 aliphatic heterocycles. The highest BCUT2D eigenvalue weighted by atomic mass is 35.5. The number of aromatic nitrogens is 1. The third kappa shape index (κ3) is 3.69. The highest BCUT2D eigenvalue weighted by Gasteiger charge is 2.30. The Labute approximate surface area is 151 Å². The van der Waals surface area contributed by atoms with Crippen molar-refractivity contribution < 1.29 is 9.18 Å². The summed E-state index contributed by atoms with van der Waals surface area (Å²) in [5.41, 5.74) is 1.70. The van der Waals surface area contributed by atoms with Crippen molar-refractivity contribution in [1.29, 1.82) is 0 Å². The highest BCUT2D eigenvalue weighted by Crippen LogP contribution is 2.27. The topological polar surface area (TPSA) is 45.2 Å². The zero-order chi connectivity index (χ0) is 16.4. The van der Waals surface area contributed by atoms with Crippen molar-refractivity contribution in [3.63, 3.8) is 0 Å². The molecule has 0 bridgehead atoms. The number of carbonyl (C=O) groups is 1. The molecule has 1 N–H and O–H groups in total. The Balaban J connectivity index is 0.00000208. The van der Waals surface area contributed by atoms with Gasteiger partial charge in [-0.2, -0.15) is 0 Å². The fourth-order valence-corrected chi connectivity index (χ4v) is 3.03. The van der Waals surface area contributed by atoms with Gasteiger partial charge in [0.25, 0.3) is 5.91 Å². The Kier molecular flexibility index (Phi) is 6.15. The smallest absolute Gasteiger partial charge is 0.255 e. The van der Waals surface area contributed by atoms with Crippen LogP contribution in [0.25, 0.3) is 0 Å². The van der Waals surface area contributed by atoms with E-state index in [2.05, 4.69) is 10.3 Å². The predicted octanol–water partition coefficient (Wildman–Crippen LogP) is 3.39. The van der Waals surface area contributed by atoms with Gasteiger partial charge in [-0.05, 0) is 36.2 Å². The first-order chi connectivity index (χ1) is 11.1. The van der Waals surface area contributed by atoms with Crippen LogP contribution in [0, 0.1) is 12.7 Å². The zero-order valence-electron chi connectivity index (χ0n) is 13.1. The minimum Gasteiger partial charge on any atom is -0.329 e. The second kappa shape index (κ2) is 7.92. The summed E-state index contributed by atoms with van der Waals surface area (Å²) < 4.78 is 13.6. The van der Waals surface area contributed by atoms with Gasteiger partial charge in [-0.15, -0.1) is 12.4 Å². The molecule has 1 aromatic heterocycles. The molecule has 2 heterocycles. The van der Waals surface area contributed by atoms with Crippen LogP contribution in [0.15, 0.2) is 36.7 Å². The summed E-state index contributed by atoms with van der Waals surface area (Å²) in [7, 11) is 0. The summed E-state index contributed by atoms with van der Waals surface area (Å²) in [5, 5.41) is 3.43. The van der Waals surface area contributed by atoms with E-state index in [-0.39, 0.29) is 29.4 Å². The first-order valence-corrected chi connectivity index (χ1v) is 7.83. The van der Waals surface area contributed by atoms with Crippen LogP contribution >= 0.6 is 24.0 Å². The van der Waals surface area contributed by atoms with Crippen molar-refractivity contribution in [2.75, 3.05) is 19.6 Å². The third-order valence-corrected chi connectivity index (χ3v) is 4.36. The van der Waals surface area contributed by atoms with Crippen LogP contribution in [0.5, 0.6) is 0 Å². The average molecular weight is 370 g/mol. The van der Waals surface area contributed by atoms with Gasteiger partial charge in [0.15, 0.2) is 0 Å². The SMILES string of the molecule is Cc1cc(C(=O)N2CCNCC2c2cccnc2)c(Cl)cc1F.Cl. The predicted molar refractivity (Wildman–Crippen MR) is 94.3 cm³/mol. The van der Waals surface area contributed by atoms with Crippen LogP contribution in [0.2, 0.25) is 5.02 Å². The molecule has 128 valence electrons. The summed E-state index contributed by atoms with van der Waals surface area (Å²) in [6.07, 6.45) is 3.46. The fraction of sp³-hybridized carbons (Fsp3) is 0.294. The number of piperazine rings is 1. The fourth-order valence-electron chi connectivity index (χ4n) is 2.79. The van der Waals surface area contributed by atoms with Gasteiger partial charge >= 0.3 is 0 Å². The molecule has 1 atom stereocenters. The lowest BCUT2D eigenvalue weighted by Crippen LogP contribution is -2.48. The van der Waals surface area contributed by atoms with Crippen LogP contribution in [-0.4, -0.2) is 35.4 Å². The maximum Gasteiger partial charge on any atom is 0.255 e. The summed E-state index contributed by atoms with van der Waals surface area (Å²) >= 11 is 6.09. The molecule has 1 saturated heterocycles. The van der Waals surface area contributed by atoms with Gasteiger partial charge in [0.2, 0.25) is 0 Å². The lowest BCUT2D eigenvalue weighted by molar-refractivity contribution is 0.0634. The van der Waals surface area contributed by atoms with Crippen LogP contribution in [0.3, 0.4) is 0 Å². The number of hydrogen-bond donors (Lipinski definition) is 1. The molecule has 3 rings (SSSR count). The molecule has 0 aliphatic carbocycles. The normalized spacial score (nSPS) is 17.3. The number of carbonyl (C=O) groups excluding carboxylic acids is 1. The molecule has 0 saturated carbocycles. The molecule has 1 unspecified atom stereocenters. The molecule has 0 spiro atoms. The van der Waals surface area contributed by atoms with Gasteiger partial charge in [0, 0.05) is 32.0 Å². The van der Waals surface area contributed by atoms with Crippen molar-refractivity contribution in [2.24, 2.45) is 0 Å². The quantitative estimate of drug-likeness (QED) is 0.882. The second-order valence-electron chi connectivity index (χ2n) is 5.59. The molecule has 0 radical (unpaired) electrons. The van der Waals surface area contributed by atoms with Gasteiger partial charge in [-0.25, -0.2) is 4.39 Å². The summed E-state index contributed by atoms with van der Waals surface area (Å²) in [6.45, 7) is 3.54. The van der Waals surface area contributed by atoms with E-state index in [4.69, 9.17) is 11.6 Å². The third-order valence-electron chi connectivity index (χ3n) is 4.05. The Morgan fingerprint density at radius 1 is 1.46 bits per heavy atom. The van der Waals surface area contributed by atoms with E-state index >= 15 is 0 Å². The minimum absolute atomic E-state index is 0. The number of pyridine rings is 1. The molecule has 4 nitrogen and oxygen atoms in total. The van der Waals surface area contributed by atoms with E-state index in [1.165, 1.54) is 12.1 Å². The van der Waals surface area contributed by atoms with Gasteiger partial charge in [-0.3, -0.25) is 9.78 Å². The highest BCUT2D eigenvalue weighted by molar-refractivity contribution is 6.33. The van der Waals surface area contributed by atoms with Gasteiger partial charge in [0.1, 0.15) is 5.82 Å². The summed E-state index contributed by atoms with van der Waals surface area (Å²) in [5.74, 6) is -0.593. The van der Waals surface area contributed by atoms with Crippen molar-refractivity contribution in [3.8, 4) is 0 Å². The summed E-state index contributed by atoms with van der Waals surface area (Å²) in [4.78, 5) is 18.8. The maximum atomic E-state index is 13.6. The van der Waals surface area contributed by atoms with Crippen molar-refractivity contribution >= 4 is 29.9 Å². The number of amides is 1. The molecule has 1 aromatic carbocycles. The molecular weight excluding hydrogens is 352 g/mol. The number of rotatable bonds is 2. The minimum atomic E-state index is -0.407. The van der Waals surface area contributed by atoms with E-state index in [1.807, 2.05) is 12.1 Å². The van der Waals surface area contributed by atoms with E-state index < -0.39 is 5.82 Å². The Bertz CT molecular complexity index is 727. The number of aryl methyl sites for hydroxylation is 1. The number of nitrogens with one attached hydrogen (secondary N) is 1. The molecule has 1 fully saturated rings. The first kappa shape index (κ1) is 18.6. The molecule has 1 amide bonds. The average Bonchev–Trinajstić information content (AvgIpc) is 2.58. The Morgan fingerprint density at radius 2 is 2.25 bits per heavy atom. The standard InChI is InChI=1S/C17H17ClFN3O.ClH/c1-11-7-13(14(18)8-15(11)19)17(23)22-6-5-21-10-16(22)12-3-2-4-20-9-12;/h2-4,7-9,16,21H,5-6,10H2,1H3;1H. The second-order valence-corrected chi connectivity index (χ2v) is 5.99. The zero-order valence-corrected chi connectivity index (χ0v) is 14.7. The van der Waals surface area contributed by atoms with Crippen LogP contribution in [0.1, 0.15) is 27.5 Å². The first-order valence-electron chi connectivity index (χ1n) is 7.45. The largest absolute Gasteiger partial charge is 0.329 e. The lowest BCUT2D eigenvalue weighted by Gasteiger charge is -2.36. The van der Waals surface area contributed by atoms with Crippen molar-refractivity contribution in [1.82, 2.24) is 15.2 Å². The van der Waals surface area contributed by atoms with Crippen LogP contribution in [-0.2, 0) is 0 Å². The molecule has 24 heavy (non-hydrogen) atoms. The van der Waals surface area contributed by atoms with E-state index in [9.17, 15) is 9.18 Å². The molecular formula is C17H18Cl2FN3O. The molecule has 2 aromatic rings. The van der Waals surface area contributed by atoms with Crippen LogP contribution in [0.4, 0.5) is 4.39 Å². The summed E-state index contributed by atoms with van der Waals surface area (Å²) in [6, 6.07) is 6.39. The van der Waals surface area contributed by atoms with Crippen molar-refractivity contribution in [3.05, 3.63) is 64.2 Å². The number of halogens is 3. The number of benzene rings is 1. The monoisotopic (exact) mass is 369 g/mol. The molecule has 1 aliphatic rings. The number of nitrogens with zero attached hydrogens (tertiary/aromatic N) is 2. The van der Waals surface area contributed by atoms with E-state index in [0.717, 1.165) is 5.56 Å². The van der Waals surface area contributed by atoms with Crippen molar-refractivity contribution in [2.45, 2.75) is 13.0 Å². The Morgan fingerprint density at radius 3 is 2.96 bits per heavy atom. The van der Waals surface area contributed by atoms with Gasteiger partial charge in [-0.1, -0.05) is 17.7 Å². The van der Waals surface area contributed by atoms with Crippen LogP contribution < -0.4 is 5.32 Å². The molecule has 7 heteroatoms. The maximum absolute atomic E-state index is 13.6. The lowest BCUT2D eigenvalue weighted by atomic mass is 10.0. The number of hydrogen-bond acceptors (Lipinski definition) is 3.